The van der Waals surface area contributed by atoms with Gasteiger partial charge in [-0.15, -0.1) is 0 Å². The van der Waals surface area contributed by atoms with Crippen LogP contribution in [0, 0.1) is 50.2 Å². The van der Waals surface area contributed by atoms with E-state index in [0.717, 1.165) is 58.8 Å². The van der Waals surface area contributed by atoms with Crippen molar-refractivity contribution in [1.29, 1.82) is 0 Å². The van der Waals surface area contributed by atoms with Crippen molar-refractivity contribution in [3.05, 3.63) is 11.6 Å². The van der Waals surface area contributed by atoms with Gasteiger partial charge in [0.2, 0.25) is 0 Å². The first-order chi connectivity index (χ1) is 31.8. The zero-order valence-corrected chi connectivity index (χ0v) is 41.2. The Morgan fingerprint density at radius 3 is 2.01 bits per heavy atom. The molecule has 7 fully saturated rings. The third kappa shape index (κ3) is 8.49. The first kappa shape index (κ1) is 52.0. The summed E-state index contributed by atoms with van der Waals surface area (Å²) in [5.74, 6) is -1.89. The lowest BCUT2D eigenvalue weighted by molar-refractivity contribution is -0.379. The maximum absolute atomic E-state index is 13.2. The molecule has 4 saturated carbocycles. The Bertz CT molecular complexity index is 1930. The predicted molar refractivity (Wildman–Crippen MR) is 238 cm³/mol. The summed E-state index contributed by atoms with van der Waals surface area (Å²) in [6.07, 6.45) is -9.52. The van der Waals surface area contributed by atoms with Crippen molar-refractivity contribution in [3.8, 4) is 0 Å². The third-order valence-corrected chi connectivity index (χ3v) is 19.3. The Hall–Kier alpha value is -2.33. The molecular weight excluding hydrogens is 889 g/mol. The molecule has 0 aromatic carbocycles. The number of carboxylic acids is 1. The normalized spacial score (nSPS) is 51.1. The van der Waals surface area contributed by atoms with Gasteiger partial charge < -0.3 is 73.6 Å². The van der Waals surface area contributed by atoms with Gasteiger partial charge in [-0.2, -0.15) is 0 Å². The largest absolute Gasteiger partial charge is 0.481 e. The molecule has 0 unspecified atom stereocenters. The Kier molecular flexibility index (Phi) is 14.2. The van der Waals surface area contributed by atoms with E-state index >= 15 is 0 Å². The number of ether oxygens (including phenoxy) is 8. The van der Waals surface area contributed by atoms with Gasteiger partial charge in [0.15, 0.2) is 31.1 Å². The van der Waals surface area contributed by atoms with E-state index in [1.54, 1.807) is 0 Å². The van der Waals surface area contributed by atoms with Crippen LogP contribution in [-0.4, -0.2) is 159 Å². The van der Waals surface area contributed by atoms with Crippen LogP contribution in [0.3, 0.4) is 0 Å². The fraction of sp³-hybridized carbons (Fsp3) is 0.900. The van der Waals surface area contributed by atoms with Crippen molar-refractivity contribution in [2.24, 2.45) is 50.2 Å². The maximum Gasteiger partial charge on any atom is 0.310 e. The van der Waals surface area contributed by atoms with E-state index in [4.69, 9.17) is 37.9 Å². The minimum absolute atomic E-state index is 0.00715. The zero-order valence-electron chi connectivity index (χ0n) is 41.2. The fourth-order valence-electron chi connectivity index (χ4n) is 15.2. The third-order valence-electron chi connectivity index (χ3n) is 19.3. The van der Waals surface area contributed by atoms with Crippen LogP contribution in [0.5, 0.6) is 0 Å². The summed E-state index contributed by atoms with van der Waals surface area (Å²) in [7, 11) is 0. The smallest absolute Gasteiger partial charge is 0.310 e. The Morgan fingerprint density at radius 1 is 0.706 bits per heavy atom. The van der Waals surface area contributed by atoms with Crippen LogP contribution in [0.25, 0.3) is 0 Å². The highest BCUT2D eigenvalue weighted by Gasteiger charge is 2.70. The molecule has 8 rings (SSSR count). The molecule has 22 atom stereocenters. The monoisotopic (exact) mass is 967 g/mol. The van der Waals surface area contributed by atoms with Gasteiger partial charge in [0, 0.05) is 19.3 Å². The minimum Gasteiger partial charge on any atom is -0.481 e. The van der Waals surface area contributed by atoms with Crippen LogP contribution in [0.4, 0.5) is 0 Å². The highest BCUT2D eigenvalue weighted by atomic mass is 16.8. The second kappa shape index (κ2) is 18.6. The molecular formula is C50H78O18. The van der Waals surface area contributed by atoms with Crippen molar-refractivity contribution in [1.82, 2.24) is 0 Å². The molecule has 5 aliphatic carbocycles. The fourth-order valence-corrected chi connectivity index (χ4v) is 15.2. The molecule has 3 aliphatic heterocycles. The number of hydrogen-bond acceptors (Lipinski definition) is 17. The van der Waals surface area contributed by atoms with E-state index in [9.17, 15) is 50.1 Å². The number of aliphatic carboxylic acids is 1. The second-order valence-corrected chi connectivity index (χ2v) is 23.6. The minimum atomic E-state index is -1.79. The number of carboxylic acid groups (broad SMARTS) is 1. The molecule has 0 amide bonds. The van der Waals surface area contributed by atoms with Crippen molar-refractivity contribution < 1.29 is 88.0 Å². The first-order valence-corrected chi connectivity index (χ1v) is 24.9. The van der Waals surface area contributed by atoms with Crippen molar-refractivity contribution in [2.45, 2.75) is 213 Å². The highest BCUT2D eigenvalue weighted by molar-refractivity contribution is 5.76. The predicted octanol–water partition coefficient (Wildman–Crippen LogP) is 3.13. The average Bonchev–Trinajstić information content (AvgIpc) is 3.26. The van der Waals surface area contributed by atoms with Crippen molar-refractivity contribution in [3.63, 3.8) is 0 Å². The Balaban J connectivity index is 1.00. The topological polar surface area (TPSA) is 267 Å². The van der Waals surface area contributed by atoms with Gasteiger partial charge in [0.25, 0.3) is 0 Å². The summed E-state index contributed by atoms with van der Waals surface area (Å²) in [5, 5.41) is 78.7. The summed E-state index contributed by atoms with van der Waals surface area (Å²) in [5.41, 5.74) is -0.641. The highest BCUT2D eigenvalue weighted by Crippen LogP contribution is 2.76. The number of fused-ring (bicyclic) bond motifs is 7. The molecule has 3 saturated heterocycles. The number of esters is 2. The lowest BCUT2D eigenvalue weighted by Gasteiger charge is -2.71. The van der Waals surface area contributed by atoms with Crippen LogP contribution in [0.1, 0.15) is 127 Å². The number of carbonyl (C=O) groups excluding carboxylic acids is 2. The number of allylic oxidation sites excluding steroid dienone is 2. The zero-order chi connectivity index (χ0) is 49.7. The lowest BCUT2D eigenvalue weighted by atomic mass is 9.33. The van der Waals surface area contributed by atoms with Gasteiger partial charge in [0.1, 0.15) is 42.7 Å². The van der Waals surface area contributed by atoms with Gasteiger partial charge in [-0.1, -0.05) is 53.2 Å². The molecule has 0 spiro atoms. The molecule has 8 aliphatic rings. The summed E-state index contributed by atoms with van der Waals surface area (Å²) in [4.78, 5) is 36.8. The summed E-state index contributed by atoms with van der Waals surface area (Å²) < 4.78 is 47.1. The number of carbonyl (C=O) groups is 3. The van der Waals surface area contributed by atoms with Crippen LogP contribution in [0.2, 0.25) is 0 Å². The summed E-state index contributed by atoms with van der Waals surface area (Å²) in [6, 6.07) is 0. The van der Waals surface area contributed by atoms with E-state index in [0.29, 0.717) is 19.3 Å². The lowest BCUT2D eigenvalue weighted by Crippen LogP contribution is -2.67. The first-order valence-electron chi connectivity index (χ1n) is 24.9. The average molecular weight is 967 g/mol. The number of hydrogen-bond donors (Lipinski definition) is 7. The van der Waals surface area contributed by atoms with E-state index in [1.165, 1.54) is 12.5 Å². The van der Waals surface area contributed by atoms with Crippen LogP contribution in [-0.2, 0) is 52.3 Å². The molecule has 68 heavy (non-hydrogen) atoms. The molecule has 7 N–H and O–H groups in total. The molecule has 3 heterocycles. The Labute approximate surface area is 399 Å². The second-order valence-electron chi connectivity index (χ2n) is 23.6. The SMILES string of the molecule is CC(=O)O[C@@H]1[C@@H](O)[C@H](O[C@@H]2[C@@H](O)[C@H](C)O[C@@H](O[C@H]3[C@@H](O[C@H]4CC[C@]5(C)[C@@H](CC[C@]6(C)[C@@H]5CC=C5[C@@H]7CC(C)(C)CC[C@]7(C(=O)O)CC[C@]56C)[C@]4(C)CO)OC[C@@H](O)[C@H]3O)[C@@H]2O)OC[C@@H]1OC(C)=O. The van der Waals surface area contributed by atoms with Gasteiger partial charge in [-0.25, -0.2) is 0 Å². The van der Waals surface area contributed by atoms with Crippen molar-refractivity contribution in [2.75, 3.05) is 19.8 Å². The van der Waals surface area contributed by atoms with Gasteiger partial charge in [0.05, 0.1) is 37.4 Å². The molecule has 386 valence electrons. The molecule has 0 radical (unpaired) electrons. The molecule has 18 heteroatoms. The van der Waals surface area contributed by atoms with E-state index in [1.807, 2.05) is 6.92 Å². The van der Waals surface area contributed by atoms with E-state index in [2.05, 4.69) is 40.7 Å². The van der Waals surface area contributed by atoms with Crippen LogP contribution in [0.15, 0.2) is 11.6 Å². The Morgan fingerprint density at radius 2 is 1.35 bits per heavy atom. The number of aliphatic hydroxyl groups excluding tert-OH is 6. The van der Waals surface area contributed by atoms with E-state index in [-0.39, 0.29) is 59.2 Å². The van der Waals surface area contributed by atoms with E-state index < -0.39 is 115 Å². The standard InChI is InChI=1S/C50H78O18/c1-24-34(55)39(67-41-36(57)38(65-26(3)53)30(22-62-41)64-25(2)52)37(58)42(63-24)68-40-35(56)29(54)21-61-43(40)66-33-13-14-46(6)31(47(33,7)23-51)12-15-49(9)32(46)11-10-27-28-20-45(4,5)16-18-50(28,44(59)60)19-17-48(27,49)8/h10,24,28-43,51,54-58H,11-23H2,1-9H3,(H,59,60)/t24-,28-,29+,30-,31+,32+,33-,34-,35+,36+,37+,38-,39+,40+,41-,42-,43+,46+,47-,48+,49+,50-/m0/s1. The number of rotatable bonds is 10. The number of aliphatic hydroxyl groups is 6. The van der Waals surface area contributed by atoms with Gasteiger partial charge >= 0.3 is 17.9 Å². The quantitative estimate of drug-likeness (QED) is 0.0942. The molecule has 0 aromatic rings. The summed E-state index contributed by atoms with van der Waals surface area (Å²) in [6.45, 7) is 16.7. The molecule has 0 bridgehead atoms. The van der Waals surface area contributed by atoms with Crippen LogP contribution < -0.4 is 0 Å². The summed E-state index contributed by atoms with van der Waals surface area (Å²) >= 11 is 0. The van der Waals surface area contributed by atoms with Crippen molar-refractivity contribution >= 4 is 17.9 Å². The molecule has 18 nitrogen and oxygen atoms in total. The maximum atomic E-state index is 13.2. The van der Waals surface area contributed by atoms with Gasteiger partial charge in [-0.3, -0.25) is 14.4 Å². The van der Waals surface area contributed by atoms with Crippen LogP contribution >= 0.6 is 0 Å². The molecule has 0 aromatic heterocycles. The van der Waals surface area contributed by atoms with Gasteiger partial charge in [-0.05, 0) is 111 Å².